The van der Waals surface area contributed by atoms with Gasteiger partial charge in [-0.2, -0.15) is 0 Å². The first-order valence-corrected chi connectivity index (χ1v) is 7.75. The van der Waals surface area contributed by atoms with Crippen LogP contribution in [0.15, 0.2) is 43.0 Å². The first-order valence-electron chi connectivity index (χ1n) is 7.75. The van der Waals surface area contributed by atoms with Crippen molar-refractivity contribution in [2.24, 2.45) is 5.41 Å². The van der Waals surface area contributed by atoms with Crippen LogP contribution >= 0.6 is 0 Å². The molecule has 1 aliphatic rings. The van der Waals surface area contributed by atoms with Crippen molar-refractivity contribution in [2.45, 2.75) is 46.1 Å². The summed E-state index contributed by atoms with van der Waals surface area (Å²) in [5.74, 6) is 0.925. The quantitative estimate of drug-likeness (QED) is 0.783. The Bertz CT molecular complexity index is 617. The molecule has 3 rings (SSSR count). The first-order chi connectivity index (χ1) is 9.92. The molecule has 0 N–H and O–H groups in total. The molecule has 0 amide bonds. The lowest BCUT2D eigenvalue weighted by atomic mass is 9.60. The molecule has 0 bridgehead atoms. The molecule has 0 atom stereocenters. The molecule has 0 aliphatic heterocycles. The number of ether oxygens (including phenoxy) is 1. The van der Waals surface area contributed by atoms with Gasteiger partial charge >= 0.3 is 0 Å². The third kappa shape index (κ3) is 2.69. The third-order valence-electron chi connectivity index (χ3n) is 4.42. The van der Waals surface area contributed by atoms with Gasteiger partial charge in [-0.1, -0.05) is 13.8 Å². The van der Waals surface area contributed by atoms with Crippen LogP contribution in [0.3, 0.4) is 0 Å². The zero-order valence-electron chi connectivity index (χ0n) is 13.5. The summed E-state index contributed by atoms with van der Waals surface area (Å²) in [6.45, 7) is 9.75. The van der Waals surface area contributed by atoms with Gasteiger partial charge in [0, 0.05) is 0 Å². The Morgan fingerprint density at radius 1 is 1.14 bits per heavy atom. The van der Waals surface area contributed by atoms with Crippen molar-refractivity contribution in [2.75, 3.05) is 6.61 Å². The van der Waals surface area contributed by atoms with Gasteiger partial charge in [-0.3, -0.25) is 0 Å². The van der Waals surface area contributed by atoms with Crippen LogP contribution in [0.4, 0.5) is 0 Å². The molecule has 0 saturated heterocycles. The van der Waals surface area contributed by atoms with Gasteiger partial charge in [-0.15, -0.1) is 0 Å². The summed E-state index contributed by atoms with van der Waals surface area (Å²) >= 11 is 0. The lowest BCUT2D eigenvalue weighted by Gasteiger charge is -2.48. The summed E-state index contributed by atoms with van der Waals surface area (Å²) in [6, 6.07) is 8.25. The molecule has 21 heavy (non-hydrogen) atoms. The second-order valence-corrected chi connectivity index (χ2v) is 7.17. The highest BCUT2D eigenvalue weighted by atomic mass is 16.5. The average molecular weight is 285 g/mol. The first kappa shape index (κ1) is 14.2. The van der Waals surface area contributed by atoms with E-state index in [1.807, 2.05) is 19.1 Å². The van der Waals surface area contributed by atoms with E-state index >= 15 is 0 Å². The Kier molecular flexibility index (Phi) is 3.31. The number of hydrogen-bond acceptors (Lipinski definition) is 1. The Morgan fingerprint density at radius 3 is 2.38 bits per heavy atom. The van der Waals surface area contributed by atoms with Crippen molar-refractivity contribution in [3.8, 4) is 11.4 Å². The molecule has 1 aromatic carbocycles. The maximum atomic E-state index is 5.49. The van der Waals surface area contributed by atoms with Crippen molar-refractivity contribution in [3.63, 3.8) is 0 Å². The van der Waals surface area contributed by atoms with Crippen molar-refractivity contribution >= 4 is 0 Å². The minimum absolute atomic E-state index is 0.264. The zero-order valence-corrected chi connectivity index (χ0v) is 13.5. The highest BCUT2D eigenvalue weighted by molar-refractivity contribution is 5.36. The SMILES string of the molecule is CCOc1ccc(-n2cc[n+](C3(C)CC(C)(C)C3)c2)cc1. The number of hydrogen-bond donors (Lipinski definition) is 0. The fourth-order valence-electron chi connectivity index (χ4n) is 3.90. The van der Waals surface area contributed by atoms with Crippen LogP contribution in [0.25, 0.3) is 5.69 Å². The predicted molar refractivity (Wildman–Crippen MR) is 83.8 cm³/mol. The average Bonchev–Trinajstić information content (AvgIpc) is 2.88. The van der Waals surface area contributed by atoms with E-state index in [-0.39, 0.29) is 5.54 Å². The number of rotatable bonds is 4. The molecule has 3 nitrogen and oxygen atoms in total. The van der Waals surface area contributed by atoms with Gasteiger partial charge in [0.15, 0.2) is 0 Å². The molecular formula is C18H25N2O+. The molecule has 0 radical (unpaired) electrons. The van der Waals surface area contributed by atoms with Gasteiger partial charge in [-0.25, -0.2) is 9.13 Å². The summed E-state index contributed by atoms with van der Waals surface area (Å²) in [4.78, 5) is 0. The lowest BCUT2D eigenvalue weighted by molar-refractivity contribution is -0.779. The predicted octanol–water partition coefficient (Wildman–Crippen LogP) is 3.70. The molecular weight excluding hydrogens is 260 g/mol. The van der Waals surface area contributed by atoms with E-state index in [9.17, 15) is 0 Å². The van der Waals surface area contributed by atoms with Crippen molar-refractivity contribution in [1.82, 2.24) is 4.57 Å². The van der Waals surface area contributed by atoms with Crippen molar-refractivity contribution < 1.29 is 9.30 Å². The molecule has 1 fully saturated rings. The van der Waals surface area contributed by atoms with E-state index in [4.69, 9.17) is 4.74 Å². The molecule has 1 saturated carbocycles. The Balaban J connectivity index is 1.79. The highest BCUT2D eigenvalue weighted by Crippen LogP contribution is 2.49. The minimum Gasteiger partial charge on any atom is -0.494 e. The topological polar surface area (TPSA) is 18.0 Å². The van der Waals surface area contributed by atoms with Crippen LogP contribution in [0.5, 0.6) is 5.75 Å². The molecule has 1 aliphatic carbocycles. The molecule has 1 aromatic heterocycles. The van der Waals surface area contributed by atoms with E-state index in [0.29, 0.717) is 12.0 Å². The molecule has 2 aromatic rings. The monoisotopic (exact) mass is 285 g/mol. The van der Waals surface area contributed by atoms with Crippen LogP contribution in [0, 0.1) is 5.41 Å². The normalized spacial score (nSPS) is 19.0. The molecule has 112 valence electrons. The van der Waals surface area contributed by atoms with Crippen molar-refractivity contribution in [1.29, 1.82) is 0 Å². The van der Waals surface area contributed by atoms with Gasteiger partial charge in [-0.05, 0) is 56.4 Å². The fourth-order valence-corrected chi connectivity index (χ4v) is 3.90. The molecule has 1 heterocycles. The smallest absolute Gasteiger partial charge is 0.249 e. The van der Waals surface area contributed by atoms with Gasteiger partial charge < -0.3 is 4.74 Å². The van der Waals surface area contributed by atoms with Crippen LogP contribution in [0.2, 0.25) is 0 Å². The summed E-state index contributed by atoms with van der Waals surface area (Å²) in [7, 11) is 0. The summed E-state index contributed by atoms with van der Waals surface area (Å²) in [6.07, 6.45) is 8.98. The van der Waals surface area contributed by atoms with Crippen LogP contribution < -0.4 is 9.30 Å². The standard InChI is InChI=1S/C18H25N2O/c1-5-21-16-8-6-15(7-9-16)19-10-11-20(14-19)18(4)12-17(2,3)13-18/h6-11,14H,5,12-13H2,1-4H3/q+1. The molecule has 0 unspecified atom stereocenters. The number of benzene rings is 1. The van der Waals surface area contributed by atoms with Gasteiger partial charge in [0.25, 0.3) is 0 Å². The highest BCUT2D eigenvalue weighted by Gasteiger charge is 2.50. The van der Waals surface area contributed by atoms with E-state index in [1.165, 1.54) is 18.5 Å². The van der Waals surface area contributed by atoms with Crippen LogP contribution in [0.1, 0.15) is 40.5 Å². The second kappa shape index (κ2) is 4.90. The van der Waals surface area contributed by atoms with Crippen LogP contribution in [-0.2, 0) is 5.54 Å². The molecule has 3 heteroatoms. The fraction of sp³-hybridized carbons (Fsp3) is 0.500. The number of nitrogens with zero attached hydrogens (tertiary/aromatic N) is 2. The second-order valence-electron chi connectivity index (χ2n) is 7.17. The maximum absolute atomic E-state index is 5.49. The van der Waals surface area contributed by atoms with E-state index < -0.39 is 0 Å². The van der Waals surface area contributed by atoms with Gasteiger partial charge in [0.05, 0.1) is 6.61 Å². The summed E-state index contributed by atoms with van der Waals surface area (Å²) in [5, 5.41) is 0. The Hall–Kier alpha value is -1.77. The summed E-state index contributed by atoms with van der Waals surface area (Å²) < 4.78 is 10.0. The van der Waals surface area contributed by atoms with Gasteiger partial charge in [0.2, 0.25) is 6.33 Å². The minimum atomic E-state index is 0.264. The maximum Gasteiger partial charge on any atom is 0.249 e. The van der Waals surface area contributed by atoms with E-state index in [2.05, 4.69) is 60.8 Å². The molecule has 0 spiro atoms. The van der Waals surface area contributed by atoms with Gasteiger partial charge in [0.1, 0.15) is 29.4 Å². The largest absolute Gasteiger partial charge is 0.494 e. The third-order valence-corrected chi connectivity index (χ3v) is 4.42. The van der Waals surface area contributed by atoms with E-state index in [1.54, 1.807) is 0 Å². The lowest BCUT2D eigenvalue weighted by Crippen LogP contribution is -2.63. The summed E-state index contributed by atoms with van der Waals surface area (Å²) in [5.41, 5.74) is 1.91. The van der Waals surface area contributed by atoms with Crippen LogP contribution in [-0.4, -0.2) is 11.2 Å². The van der Waals surface area contributed by atoms with E-state index in [0.717, 1.165) is 5.75 Å². The van der Waals surface area contributed by atoms with Crippen molar-refractivity contribution in [3.05, 3.63) is 43.0 Å². The Morgan fingerprint density at radius 2 is 1.81 bits per heavy atom. The number of aromatic nitrogens is 2. The number of imidazole rings is 1. The zero-order chi connectivity index (χ0) is 15.1. The Labute approximate surface area is 127 Å².